The Hall–Kier alpha value is -1.16. The van der Waals surface area contributed by atoms with Gasteiger partial charge in [0.25, 0.3) is 0 Å². The molecule has 0 aromatic rings. The van der Waals surface area contributed by atoms with E-state index < -0.39 is 5.97 Å². The number of carboxylic acids is 1. The van der Waals surface area contributed by atoms with E-state index in [1.54, 1.807) is 0 Å². The lowest BCUT2D eigenvalue weighted by atomic mass is 10.1. The maximum Gasteiger partial charge on any atom is 0.331 e. The molecule has 0 fully saturated rings. The van der Waals surface area contributed by atoms with Crippen LogP contribution in [0.15, 0.2) is 11.1 Å². The average molecular weight is 157 g/mol. The van der Waals surface area contributed by atoms with E-state index in [1.165, 1.54) is 13.8 Å². The average Bonchev–Trinajstić information content (AvgIpc) is 2.00. The maximum atomic E-state index is 10.8. The van der Waals surface area contributed by atoms with Gasteiger partial charge in [0.15, 0.2) is 5.78 Å². The van der Waals surface area contributed by atoms with Gasteiger partial charge < -0.3 is 10.8 Å². The number of carbonyl (C=O) groups excluding carboxylic acids is 1. The zero-order chi connectivity index (χ0) is 9.02. The van der Waals surface area contributed by atoms with Crippen molar-refractivity contribution in [2.75, 3.05) is 6.54 Å². The highest BCUT2D eigenvalue weighted by Crippen LogP contribution is 2.03. The first-order valence-electron chi connectivity index (χ1n) is 3.14. The van der Waals surface area contributed by atoms with Crippen molar-refractivity contribution in [3.8, 4) is 0 Å². The van der Waals surface area contributed by atoms with Crippen LogP contribution in [0.4, 0.5) is 0 Å². The van der Waals surface area contributed by atoms with Gasteiger partial charge in [0.05, 0.1) is 6.54 Å². The molecule has 0 saturated carbocycles. The molecule has 0 amide bonds. The quantitative estimate of drug-likeness (QED) is 0.562. The second-order valence-electron chi connectivity index (χ2n) is 2.18. The van der Waals surface area contributed by atoms with Crippen LogP contribution in [0.5, 0.6) is 0 Å². The van der Waals surface area contributed by atoms with Crippen molar-refractivity contribution in [3.63, 3.8) is 0 Å². The van der Waals surface area contributed by atoms with Gasteiger partial charge in [0.2, 0.25) is 0 Å². The molecule has 4 nitrogen and oxygen atoms in total. The van der Waals surface area contributed by atoms with E-state index in [-0.39, 0.29) is 23.5 Å². The first kappa shape index (κ1) is 9.84. The molecule has 0 radical (unpaired) electrons. The number of hydrogen-bond donors (Lipinski definition) is 2. The van der Waals surface area contributed by atoms with Crippen LogP contribution >= 0.6 is 0 Å². The van der Waals surface area contributed by atoms with Crippen molar-refractivity contribution < 1.29 is 14.7 Å². The number of carbonyl (C=O) groups is 2. The lowest BCUT2D eigenvalue weighted by molar-refractivity contribution is -0.133. The lowest BCUT2D eigenvalue weighted by Gasteiger charge is -1.99. The molecule has 0 aromatic heterocycles. The largest absolute Gasteiger partial charge is 0.478 e. The minimum absolute atomic E-state index is 0.0560. The fourth-order valence-electron chi connectivity index (χ4n) is 0.523. The first-order valence-corrected chi connectivity index (χ1v) is 3.14. The highest BCUT2D eigenvalue weighted by atomic mass is 16.4. The molecule has 0 aliphatic carbocycles. The summed E-state index contributed by atoms with van der Waals surface area (Å²) < 4.78 is 0. The summed E-state index contributed by atoms with van der Waals surface area (Å²) in [6.07, 6.45) is 0. The molecule has 0 saturated heterocycles. The summed E-state index contributed by atoms with van der Waals surface area (Å²) in [4.78, 5) is 21.1. The minimum Gasteiger partial charge on any atom is -0.478 e. The Morgan fingerprint density at radius 3 is 2.00 bits per heavy atom. The molecule has 11 heavy (non-hydrogen) atoms. The highest BCUT2D eigenvalue weighted by molar-refractivity contribution is 6.03. The number of carboxylic acid groups (broad SMARTS) is 1. The number of hydrogen-bond acceptors (Lipinski definition) is 3. The van der Waals surface area contributed by atoms with E-state index in [1.807, 2.05) is 0 Å². The molecule has 0 aliphatic heterocycles. The van der Waals surface area contributed by atoms with Gasteiger partial charge in [-0.05, 0) is 13.8 Å². The molecule has 0 atom stereocenters. The van der Waals surface area contributed by atoms with Crippen LogP contribution < -0.4 is 5.73 Å². The van der Waals surface area contributed by atoms with Crippen LogP contribution in [0.2, 0.25) is 0 Å². The summed E-state index contributed by atoms with van der Waals surface area (Å²) in [6.45, 7) is 2.69. The zero-order valence-electron chi connectivity index (χ0n) is 6.55. The van der Waals surface area contributed by atoms with Crippen molar-refractivity contribution in [2.24, 2.45) is 5.73 Å². The van der Waals surface area contributed by atoms with Crippen LogP contribution in [0, 0.1) is 0 Å². The van der Waals surface area contributed by atoms with Gasteiger partial charge in [0.1, 0.15) is 0 Å². The topological polar surface area (TPSA) is 80.4 Å². The third-order valence-electron chi connectivity index (χ3n) is 1.49. The summed E-state index contributed by atoms with van der Waals surface area (Å²) in [7, 11) is 0. The summed E-state index contributed by atoms with van der Waals surface area (Å²) in [5.41, 5.74) is 5.31. The Morgan fingerprint density at radius 1 is 1.27 bits per heavy atom. The Kier molecular flexibility index (Phi) is 3.47. The van der Waals surface area contributed by atoms with Crippen LogP contribution in [0.25, 0.3) is 0 Å². The SMILES string of the molecule is CC(C(=O)O)=C(C)C(=O)CN. The van der Waals surface area contributed by atoms with Gasteiger partial charge in [0, 0.05) is 11.1 Å². The fraction of sp³-hybridized carbons (Fsp3) is 0.429. The number of ketones is 1. The van der Waals surface area contributed by atoms with Crippen molar-refractivity contribution >= 4 is 11.8 Å². The van der Waals surface area contributed by atoms with Gasteiger partial charge >= 0.3 is 5.97 Å². The molecule has 0 aromatic carbocycles. The molecule has 0 rings (SSSR count). The van der Waals surface area contributed by atoms with Gasteiger partial charge in [-0.2, -0.15) is 0 Å². The number of nitrogens with two attached hydrogens (primary N) is 1. The monoisotopic (exact) mass is 157 g/mol. The number of rotatable bonds is 3. The summed E-state index contributed by atoms with van der Waals surface area (Å²) in [5, 5.41) is 8.45. The second-order valence-corrected chi connectivity index (χ2v) is 2.18. The van der Waals surface area contributed by atoms with Gasteiger partial charge in [-0.3, -0.25) is 4.79 Å². The molecule has 0 unspecified atom stereocenters. The van der Waals surface area contributed by atoms with Gasteiger partial charge in [-0.25, -0.2) is 4.79 Å². The summed E-state index contributed by atoms with van der Waals surface area (Å²) >= 11 is 0. The maximum absolute atomic E-state index is 10.8. The molecule has 4 heteroatoms. The smallest absolute Gasteiger partial charge is 0.331 e. The van der Waals surface area contributed by atoms with E-state index in [0.717, 1.165) is 0 Å². The lowest BCUT2D eigenvalue weighted by Crippen LogP contribution is -2.17. The molecule has 0 heterocycles. The predicted octanol–water partition coefficient (Wildman–Crippen LogP) is -0.0648. The van der Waals surface area contributed by atoms with E-state index in [2.05, 4.69) is 0 Å². The Morgan fingerprint density at radius 2 is 1.73 bits per heavy atom. The third kappa shape index (κ3) is 2.51. The number of aliphatic carboxylic acids is 1. The molecule has 3 N–H and O–H groups in total. The Labute approximate surface area is 64.7 Å². The van der Waals surface area contributed by atoms with E-state index >= 15 is 0 Å². The summed E-state index contributed by atoms with van der Waals surface area (Å²) in [6, 6.07) is 0. The highest BCUT2D eigenvalue weighted by Gasteiger charge is 2.10. The molecule has 0 spiro atoms. The molecule has 0 bridgehead atoms. The van der Waals surface area contributed by atoms with Crippen molar-refractivity contribution in [2.45, 2.75) is 13.8 Å². The van der Waals surface area contributed by atoms with E-state index in [4.69, 9.17) is 10.8 Å². The van der Waals surface area contributed by atoms with Crippen LogP contribution in [0.3, 0.4) is 0 Å². The second kappa shape index (κ2) is 3.88. The first-order chi connectivity index (χ1) is 5.00. The normalized spacial score (nSPS) is 12.3. The van der Waals surface area contributed by atoms with Crippen molar-refractivity contribution in [3.05, 3.63) is 11.1 Å². The van der Waals surface area contributed by atoms with Crippen molar-refractivity contribution in [1.29, 1.82) is 0 Å². The molecule has 0 aliphatic rings. The standard InChI is InChI=1S/C7H11NO3/c1-4(6(9)3-8)5(2)7(10)11/h3,8H2,1-2H3,(H,10,11). The van der Waals surface area contributed by atoms with Crippen LogP contribution in [-0.2, 0) is 9.59 Å². The van der Waals surface area contributed by atoms with Gasteiger partial charge in [-0.1, -0.05) is 0 Å². The zero-order valence-corrected chi connectivity index (χ0v) is 6.55. The van der Waals surface area contributed by atoms with Crippen molar-refractivity contribution in [1.82, 2.24) is 0 Å². The third-order valence-corrected chi connectivity index (χ3v) is 1.49. The van der Waals surface area contributed by atoms with Crippen LogP contribution in [0.1, 0.15) is 13.8 Å². The Balaban J connectivity index is 4.66. The number of Topliss-reactive ketones (excluding diaryl/α,β-unsaturated/α-hetero) is 1. The van der Waals surface area contributed by atoms with Crippen LogP contribution in [-0.4, -0.2) is 23.4 Å². The molecular formula is C7H11NO3. The molecular weight excluding hydrogens is 146 g/mol. The summed E-state index contributed by atoms with van der Waals surface area (Å²) in [5.74, 6) is -1.41. The van der Waals surface area contributed by atoms with E-state index in [0.29, 0.717) is 0 Å². The Bertz CT molecular complexity index is 218. The van der Waals surface area contributed by atoms with E-state index in [9.17, 15) is 9.59 Å². The molecule has 62 valence electrons. The fourth-order valence-corrected chi connectivity index (χ4v) is 0.523. The minimum atomic E-state index is -1.08. The van der Waals surface area contributed by atoms with Gasteiger partial charge in [-0.15, -0.1) is 0 Å². The predicted molar refractivity (Wildman–Crippen MR) is 40.1 cm³/mol.